The van der Waals surface area contributed by atoms with E-state index in [1.54, 1.807) is 36.4 Å². The Morgan fingerprint density at radius 1 is 1.11 bits per heavy atom. The van der Waals surface area contributed by atoms with Crippen LogP contribution in [0.1, 0.15) is 40.6 Å². The lowest BCUT2D eigenvalue weighted by molar-refractivity contribution is 0.0993. The number of hydrogen-bond donors (Lipinski definition) is 1. The molecule has 0 fully saturated rings. The highest BCUT2D eigenvalue weighted by molar-refractivity contribution is 6.31. The van der Waals surface area contributed by atoms with Crippen molar-refractivity contribution in [2.45, 2.75) is 19.0 Å². The zero-order valence-electron chi connectivity index (χ0n) is 20.8. The molecular weight excluding hydrogens is 532 g/mol. The first-order chi connectivity index (χ1) is 18.2. The number of nitrogen functional groups attached to an aromatic ring is 1. The summed E-state index contributed by atoms with van der Waals surface area (Å²) < 4.78 is 27.1. The van der Waals surface area contributed by atoms with Crippen molar-refractivity contribution < 1.29 is 18.7 Å². The second kappa shape index (κ2) is 10.2. The van der Waals surface area contributed by atoms with Crippen LogP contribution in [0.15, 0.2) is 54.7 Å². The lowest BCUT2D eigenvalue weighted by Gasteiger charge is -2.30. The highest BCUT2D eigenvalue weighted by Gasteiger charge is 2.44. The summed E-state index contributed by atoms with van der Waals surface area (Å²) in [5, 5.41) is 0.476. The lowest BCUT2D eigenvalue weighted by Crippen LogP contribution is -2.30. The molecule has 38 heavy (non-hydrogen) atoms. The van der Waals surface area contributed by atoms with Crippen LogP contribution in [-0.4, -0.2) is 41.3 Å². The molecule has 2 N–H and O–H groups in total. The summed E-state index contributed by atoms with van der Waals surface area (Å²) in [7, 11) is 3.11. The minimum absolute atomic E-state index is 0.0654. The van der Waals surface area contributed by atoms with Crippen LogP contribution in [0.4, 0.5) is 16.0 Å². The van der Waals surface area contributed by atoms with Gasteiger partial charge in [0.1, 0.15) is 11.9 Å². The van der Waals surface area contributed by atoms with Crippen molar-refractivity contribution in [3.05, 3.63) is 87.4 Å². The highest BCUT2D eigenvalue weighted by Crippen LogP contribution is 2.47. The molecule has 11 heteroatoms. The summed E-state index contributed by atoms with van der Waals surface area (Å²) >= 11 is 12.3. The first-order valence-electron chi connectivity index (χ1n) is 11.7. The van der Waals surface area contributed by atoms with Crippen LogP contribution in [0.3, 0.4) is 0 Å². The second-order valence-corrected chi connectivity index (χ2v) is 9.73. The van der Waals surface area contributed by atoms with Gasteiger partial charge in [-0.15, -0.1) is 0 Å². The third kappa shape index (κ3) is 4.36. The fourth-order valence-electron chi connectivity index (χ4n) is 4.92. The summed E-state index contributed by atoms with van der Waals surface area (Å²) in [5.41, 5.74) is 9.47. The third-order valence-corrected chi connectivity index (χ3v) is 7.04. The maximum absolute atomic E-state index is 14.1. The van der Waals surface area contributed by atoms with Crippen molar-refractivity contribution in [3.8, 4) is 17.1 Å². The van der Waals surface area contributed by atoms with Crippen molar-refractivity contribution in [3.63, 3.8) is 0 Å². The maximum Gasteiger partial charge on any atom is 0.261 e. The number of amides is 1. The van der Waals surface area contributed by atoms with Crippen LogP contribution in [0.5, 0.6) is 5.88 Å². The zero-order chi connectivity index (χ0) is 27.1. The number of methoxy groups -OCH3 is 2. The SMILES string of the molecule is COC[C@@H](C)n1c(-c2cnc(N)nc2OC)cc2c1[C@H](c1ccc(Cl)cc1)N(c1ccc(F)c(Cl)c1)C2=O. The predicted molar refractivity (Wildman–Crippen MR) is 145 cm³/mol. The van der Waals surface area contributed by atoms with Gasteiger partial charge in [-0.05, 0) is 48.9 Å². The Morgan fingerprint density at radius 2 is 1.84 bits per heavy atom. The molecule has 2 aromatic heterocycles. The lowest BCUT2D eigenvalue weighted by atomic mass is 10.0. The van der Waals surface area contributed by atoms with Gasteiger partial charge in [-0.2, -0.15) is 4.98 Å². The Bertz CT molecular complexity index is 1530. The van der Waals surface area contributed by atoms with E-state index in [2.05, 4.69) is 9.97 Å². The zero-order valence-corrected chi connectivity index (χ0v) is 22.3. The fraction of sp³-hybridized carbons (Fsp3) is 0.222. The first kappa shape index (κ1) is 26.0. The van der Waals surface area contributed by atoms with Gasteiger partial charge in [0, 0.05) is 24.0 Å². The minimum atomic E-state index is -0.579. The number of halogens is 3. The standard InChI is InChI=1S/C27H24Cl2FN5O3/c1-14(13-37-2)34-22(19-12-32-27(31)33-25(19)38-3)11-18-24(34)23(15-4-6-16(28)7-5-15)35(26(18)36)17-8-9-21(30)20(29)10-17/h4-12,14,23H,13H2,1-3H3,(H2,31,32,33)/t14-,23+/m1/s1. The average molecular weight is 556 g/mol. The molecule has 0 spiro atoms. The molecule has 1 aliphatic heterocycles. The molecule has 0 saturated heterocycles. The van der Waals surface area contributed by atoms with Crippen LogP contribution in [0.2, 0.25) is 10.0 Å². The van der Waals surface area contributed by atoms with E-state index in [-0.39, 0.29) is 28.8 Å². The van der Waals surface area contributed by atoms with Gasteiger partial charge in [0.15, 0.2) is 0 Å². The molecule has 0 unspecified atom stereocenters. The molecular formula is C27H24Cl2FN5O3. The number of aromatic nitrogens is 3. The molecule has 0 bridgehead atoms. The molecule has 8 nitrogen and oxygen atoms in total. The summed E-state index contributed by atoms with van der Waals surface area (Å²) in [6, 6.07) is 12.5. The number of anilines is 2. The Labute approximate surface area is 228 Å². The number of rotatable bonds is 7. The van der Waals surface area contributed by atoms with E-state index in [0.717, 1.165) is 11.3 Å². The van der Waals surface area contributed by atoms with Crippen molar-refractivity contribution in [2.75, 3.05) is 31.5 Å². The summed E-state index contributed by atoms with van der Waals surface area (Å²) in [6.07, 6.45) is 1.57. The summed E-state index contributed by atoms with van der Waals surface area (Å²) in [5.74, 6) is -0.506. The Kier molecular flexibility index (Phi) is 7.00. The van der Waals surface area contributed by atoms with Crippen LogP contribution >= 0.6 is 23.2 Å². The predicted octanol–water partition coefficient (Wildman–Crippen LogP) is 5.94. The number of carbonyl (C=O) groups is 1. The van der Waals surface area contributed by atoms with Crippen molar-refractivity contribution in [2.24, 2.45) is 0 Å². The monoisotopic (exact) mass is 555 g/mol. The van der Waals surface area contributed by atoms with Gasteiger partial charge in [-0.1, -0.05) is 35.3 Å². The van der Waals surface area contributed by atoms with Gasteiger partial charge in [0.2, 0.25) is 11.8 Å². The number of fused-ring (bicyclic) bond motifs is 1. The molecule has 0 aliphatic carbocycles. The van der Waals surface area contributed by atoms with Crippen molar-refractivity contribution in [1.29, 1.82) is 0 Å². The smallest absolute Gasteiger partial charge is 0.261 e. The highest BCUT2D eigenvalue weighted by atomic mass is 35.5. The van der Waals surface area contributed by atoms with E-state index in [1.807, 2.05) is 23.6 Å². The van der Waals surface area contributed by atoms with Gasteiger partial charge in [-0.3, -0.25) is 9.69 Å². The average Bonchev–Trinajstić information content (AvgIpc) is 3.41. The van der Waals surface area contributed by atoms with E-state index in [9.17, 15) is 9.18 Å². The molecule has 2 aromatic carbocycles. The Hall–Kier alpha value is -3.66. The van der Waals surface area contributed by atoms with Crippen LogP contribution in [0, 0.1) is 5.82 Å². The van der Waals surface area contributed by atoms with Gasteiger partial charge in [0.25, 0.3) is 5.91 Å². The van der Waals surface area contributed by atoms with Gasteiger partial charge >= 0.3 is 0 Å². The number of hydrogen-bond acceptors (Lipinski definition) is 6. The van der Waals surface area contributed by atoms with Gasteiger partial charge < -0.3 is 19.8 Å². The van der Waals surface area contributed by atoms with E-state index < -0.39 is 11.9 Å². The van der Waals surface area contributed by atoms with Crippen molar-refractivity contribution in [1.82, 2.24) is 14.5 Å². The van der Waals surface area contributed by atoms with E-state index in [0.29, 0.717) is 34.1 Å². The van der Waals surface area contributed by atoms with E-state index in [4.69, 9.17) is 38.4 Å². The van der Waals surface area contributed by atoms with Crippen LogP contribution in [0.25, 0.3) is 11.3 Å². The molecule has 1 aliphatic rings. The molecule has 4 aromatic rings. The topological polar surface area (TPSA) is 95.5 Å². The molecule has 0 saturated carbocycles. The second-order valence-electron chi connectivity index (χ2n) is 8.88. The van der Waals surface area contributed by atoms with Crippen LogP contribution in [-0.2, 0) is 4.74 Å². The number of carbonyl (C=O) groups excluding carboxylic acids is 1. The molecule has 1 amide bonds. The number of benzene rings is 2. The molecule has 5 rings (SSSR count). The number of nitrogens with zero attached hydrogens (tertiary/aromatic N) is 4. The van der Waals surface area contributed by atoms with Crippen molar-refractivity contribution >= 4 is 40.7 Å². The largest absolute Gasteiger partial charge is 0.480 e. The van der Waals surface area contributed by atoms with E-state index >= 15 is 0 Å². The Balaban J connectivity index is 1.79. The third-order valence-electron chi connectivity index (χ3n) is 6.50. The summed E-state index contributed by atoms with van der Waals surface area (Å²) in [4.78, 5) is 24.1. The normalized spacial score (nSPS) is 15.6. The number of nitrogens with two attached hydrogens (primary N) is 1. The van der Waals surface area contributed by atoms with Gasteiger partial charge in [0.05, 0.1) is 47.3 Å². The maximum atomic E-state index is 14.1. The first-order valence-corrected chi connectivity index (χ1v) is 12.5. The minimum Gasteiger partial charge on any atom is -0.480 e. The van der Waals surface area contributed by atoms with E-state index in [1.165, 1.54) is 25.3 Å². The molecule has 2 atom stereocenters. The van der Waals surface area contributed by atoms with Gasteiger partial charge in [-0.25, -0.2) is 9.37 Å². The Morgan fingerprint density at radius 3 is 2.50 bits per heavy atom. The molecule has 0 radical (unpaired) electrons. The molecule has 196 valence electrons. The van der Waals surface area contributed by atoms with Crippen LogP contribution < -0.4 is 15.4 Å². The summed E-state index contributed by atoms with van der Waals surface area (Å²) in [6.45, 7) is 2.34. The quantitative estimate of drug-likeness (QED) is 0.303. The fourth-order valence-corrected chi connectivity index (χ4v) is 5.22. The number of ether oxygens (including phenoxy) is 2. The molecule has 3 heterocycles.